The molecule has 0 aliphatic carbocycles. The Balaban J connectivity index is 4.41. The van der Waals surface area contributed by atoms with Gasteiger partial charge in [-0.3, -0.25) is 4.79 Å². The largest absolute Gasteiger partial charge is 0.633 e. The van der Waals surface area contributed by atoms with Gasteiger partial charge in [0.1, 0.15) is 0 Å². The quantitative estimate of drug-likeness (QED) is 0.581. The zero-order chi connectivity index (χ0) is 11.2. The van der Waals surface area contributed by atoms with Crippen LogP contribution in [0.1, 0.15) is 13.8 Å². The van der Waals surface area contributed by atoms with Crippen molar-refractivity contribution in [2.45, 2.75) is 13.8 Å². The van der Waals surface area contributed by atoms with E-state index in [0.29, 0.717) is 0 Å². The molecule has 0 saturated carbocycles. The Morgan fingerprint density at radius 2 is 1.93 bits per heavy atom. The second-order valence-corrected chi connectivity index (χ2v) is 5.79. The van der Waals surface area contributed by atoms with Crippen LogP contribution in [0, 0.1) is 5.92 Å². The molecule has 0 aliphatic rings. The molecule has 14 heavy (non-hydrogen) atoms. The van der Waals surface area contributed by atoms with E-state index in [1.807, 2.05) is 0 Å². The predicted molar refractivity (Wildman–Crippen MR) is 57.6 cm³/mol. The monoisotopic (exact) mass is 285 g/mol. The number of hydrogen-bond donors (Lipinski definition) is 1. The fourth-order valence-electron chi connectivity index (χ4n) is 0.706. The molecule has 5 nitrogen and oxygen atoms in total. The zero-order valence-electron chi connectivity index (χ0n) is 8.80. The van der Waals surface area contributed by atoms with Crippen molar-refractivity contribution in [3.05, 3.63) is 0 Å². The Kier molecular flexibility index (Phi) is 6.54. The fourth-order valence-corrected chi connectivity index (χ4v) is 3.02. The molecule has 0 unspecified atom stereocenters. The molecule has 0 aromatic heterocycles. The van der Waals surface area contributed by atoms with Crippen LogP contribution in [0.5, 0.6) is 0 Å². The second-order valence-electron chi connectivity index (χ2n) is 2.86. The molecular weight excluding hydrogens is 270 g/mol. The molecule has 0 saturated heterocycles. The van der Waals surface area contributed by atoms with Gasteiger partial charge in [-0.05, 0) is 0 Å². The minimum atomic E-state index is -3.02. The van der Waals surface area contributed by atoms with Gasteiger partial charge in [-0.25, -0.2) is 0 Å². The highest BCUT2D eigenvalue weighted by atomic mass is 79.9. The molecule has 0 spiro atoms. The molecule has 0 aliphatic heterocycles. The number of rotatable bonds is 6. The zero-order valence-corrected chi connectivity index (χ0v) is 11.4. The molecular formula is C7H16BrNO4Si. The van der Waals surface area contributed by atoms with E-state index in [2.05, 4.69) is 20.9 Å². The van der Waals surface area contributed by atoms with Gasteiger partial charge in [-0.1, -0.05) is 29.8 Å². The van der Waals surface area contributed by atoms with E-state index >= 15 is 0 Å². The van der Waals surface area contributed by atoms with Crippen molar-refractivity contribution in [3.8, 4) is 0 Å². The van der Waals surface area contributed by atoms with E-state index in [0.717, 1.165) is 0 Å². The molecule has 1 amide bonds. The first kappa shape index (κ1) is 14.0. The summed E-state index contributed by atoms with van der Waals surface area (Å²) in [5, 5.41) is 0. The maximum absolute atomic E-state index is 11.4. The maximum atomic E-state index is 11.4. The molecule has 0 rings (SSSR count). The summed E-state index contributed by atoms with van der Waals surface area (Å²) in [4.78, 5) is 14.1. The third-order valence-corrected chi connectivity index (χ3v) is 4.39. The minimum Gasteiger partial charge on any atom is -0.360 e. The molecule has 7 heteroatoms. The molecule has 0 aromatic rings. The van der Waals surface area contributed by atoms with Crippen LogP contribution in [-0.4, -0.2) is 34.6 Å². The van der Waals surface area contributed by atoms with Crippen molar-refractivity contribution in [3.63, 3.8) is 0 Å². The first-order chi connectivity index (χ1) is 6.51. The van der Waals surface area contributed by atoms with Crippen molar-refractivity contribution in [1.29, 1.82) is 0 Å². The summed E-state index contributed by atoms with van der Waals surface area (Å²) >= 11 is 3.10. The molecule has 1 N–H and O–H groups in total. The van der Waals surface area contributed by atoms with Gasteiger partial charge >= 0.3 is 8.97 Å². The Morgan fingerprint density at radius 1 is 1.43 bits per heavy atom. The lowest BCUT2D eigenvalue weighted by Crippen LogP contribution is -2.60. The highest BCUT2D eigenvalue weighted by Crippen LogP contribution is 2.06. The Labute approximate surface area is 93.7 Å². The Bertz CT molecular complexity index is 187. The van der Waals surface area contributed by atoms with E-state index in [1.165, 1.54) is 14.2 Å². The van der Waals surface area contributed by atoms with E-state index in [4.69, 9.17) is 13.3 Å². The number of carbonyl (C=O) groups excluding carboxylic acids is 1. The van der Waals surface area contributed by atoms with Crippen LogP contribution in [0.2, 0.25) is 0 Å². The standard InChI is InChI=1S/C7H16BrNO4Si/c1-6(2)7(10)9-14(11-3,12-4)13-5-8/h6H,5H2,1-4H3,(H,9,10). The van der Waals surface area contributed by atoms with Gasteiger partial charge in [0, 0.05) is 20.1 Å². The van der Waals surface area contributed by atoms with Gasteiger partial charge in [-0.15, -0.1) is 0 Å². The SMILES string of the molecule is CO[Si](NC(=O)C(C)C)(OC)OCBr. The van der Waals surface area contributed by atoms with Gasteiger partial charge < -0.3 is 18.3 Å². The Morgan fingerprint density at radius 3 is 2.21 bits per heavy atom. The summed E-state index contributed by atoms with van der Waals surface area (Å²) in [6.07, 6.45) is 0. The molecule has 0 heterocycles. The number of hydrogen-bond acceptors (Lipinski definition) is 4. The molecule has 0 bridgehead atoms. The van der Waals surface area contributed by atoms with Gasteiger partial charge in [0.15, 0.2) is 0 Å². The van der Waals surface area contributed by atoms with Crippen molar-refractivity contribution in [1.82, 2.24) is 4.98 Å². The van der Waals surface area contributed by atoms with Gasteiger partial charge in [0.25, 0.3) is 0 Å². The van der Waals surface area contributed by atoms with Crippen LogP contribution in [0.4, 0.5) is 0 Å². The summed E-state index contributed by atoms with van der Waals surface area (Å²) in [5.74, 6) is -0.285. The van der Waals surface area contributed by atoms with Crippen molar-refractivity contribution >= 4 is 30.8 Å². The topological polar surface area (TPSA) is 56.8 Å². The summed E-state index contributed by atoms with van der Waals surface area (Å²) < 4.78 is 15.4. The summed E-state index contributed by atoms with van der Waals surface area (Å²) in [7, 11) is -0.129. The summed E-state index contributed by atoms with van der Waals surface area (Å²) in [6.45, 7) is 3.57. The number of halogens is 1. The van der Waals surface area contributed by atoms with Crippen LogP contribution in [0.15, 0.2) is 0 Å². The second kappa shape index (κ2) is 6.52. The average Bonchev–Trinajstić information content (AvgIpc) is 2.16. The highest BCUT2D eigenvalue weighted by Gasteiger charge is 2.43. The lowest BCUT2D eigenvalue weighted by Gasteiger charge is -2.25. The number of amides is 1. The molecule has 0 aromatic carbocycles. The smallest absolute Gasteiger partial charge is 0.360 e. The van der Waals surface area contributed by atoms with Crippen molar-refractivity contribution < 1.29 is 18.1 Å². The summed E-state index contributed by atoms with van der Waals surface area (Å²) in [5.41, 5.74) is 0.249. The number of alkyl halides is 1. The van der Waals surface area contributed by atoms with Gasteiger partial charge in [-0.2, -0.15) is 0 Å². The predicted octanol–water partition coefficient (Wildman–Crippen LogP) is 0.856. The molecule has 84 valence electrons. The van der Waals surface area contributed by atoms with Crippen LogP contribution in [-0.2, 0) is 18.1 Å². The first-order valence-electron chi connectivity index (χ1n) is 4.13. The van der Waals surface area contributed by atoms with E-state index in [9.17, 15) is 4.79 Å². The van der Waals surface area contributed by atoms with Crippen molar-refractivity contribution in [2.75, 3.05) is 19.7 Å². The molecule has 0 radical (unpaired) electrons. The average molecular weight is 286 g/mol. The fraction of sp³-hybridized carbons (Fsp3) is 0.857. The number of carbonyl (C=O) groups is 1. The van der Waals surface area contributed by atoms with Crippen LogP contribution < -0.4 is 4.98 Å². The van der Waals surface area contributed by atoms with Crippen LogP contribution >= 0.6 is 15.9 Å². The highest BCUT2D eigenvalue weighted by molar-refractivity contribution is 9.09. The lowest BCUT2D eigenvalue weighted by atomic mass is 10.2. The number of nitrogens with one attached hydrogen (secondary N) is 1. The normalized spacial score (nSPS) is 11.9. The molecule has 0 fully saturated rings. The van der Waals surface area contributed by atoms with E-state index in [-0.39, 0.29) is 17.3 Å². The van der Waals surface area contributed by atoms with Crippen LogP contribution in [0.25, 0.3) is 0 Å². The van der Waals surface area contributed by atoms with Crippen molar-refractivity contribution in [2.24, 2.45) is 5.92 Å². The molecule has 0 atom stereocenters. The van der Waals surface area contributed by atoms with Gasteiger partial charge in [0.2, 0.25) is 5.91 Å². The minimum absolute atomic E-state index is 0.133. The first-order valence-corrected chi connectivity index (χ1v) is 6.98. The van der Waals surface area contributed by atoms with Gasteiger partial charge in [0.05, 0.1) is 5.52 Å². The van der Waals surface area contributed by atoms with E-state index in [1.54, 1.807) is 13.8 Å². The van der Waals surface area contributed by atoms with Crippen LogP contribution in [0.3, 0.4) is 0 Å². The maximum Gasteiger partial charge on any atom is 0.633 e. The Hall–Kier alpha value is 0.0469. The summed E-state index contributed by atoms with van der Waals surface area (Å²) in [6, 6.07) is 0. The third-order valence-electron chi connectivity index (χ3n) is 1.58. The third kappa shape index (κ3) is 4.05. The lowest BCUT2D eigenvalue weighted by molar-refractivity contribution is -0.123. The van der Waals surface area contributed by atoms with E-state index < -0.39 is 8.97 Å².